The second-order valence-electron chi connectivity index (χ2n) is 5.11. The van der Waals surface area contributed by atoms with Gasteiger partial charge in [0, 0.05) is 12.1 Å². The van der Waals surface area contributed by atoms with Crippen molar-refractivity contribution in [3.63, 3.8) is 0 Å². The van der Waals surface area contributed by atoms with E-state index >= 15 is 0 Å². The Kier molecular flexibility index (Phi) is 4.65. The van der Waals surface area contributed by atoms with E-state index in [0.29, 0.717) is 23.0 Å². The molecule has 0 radical (unpaired) electrons. The molecule has 2 heterocycles. The summed E-state index contributed by atoms with van der Waals surface area (Å²) in [6, 6.07) is 12.9. The maximum absolute atomic E-state index is 10.7. The highest BCUT2D eigenvalue weighted by Gasteiger charge is 2.09. The lowest BCUT2D eigenvalue weighted by Gasteiger charge is -2.12. The molecule has 0 saturated heterocycles. The van der Waals surface area contributed by atoms with Crippen molar-refractivity contribution in [2.45, 2.75) is 0 Å². The van der Waals surface area contributed by atoms with Gasteiger partial charge < -0.3 is 10.6 Å². The van der Waals surface area contributed by atoms with Gasteiger partial charge >= 0.3 is 0 Å². The van der Waals surface area contributed by atoms with Crippen LogP contribution in [0.1, 0.15) is 0 Å². The van der Waals surface area contributed by atoms with Gasteiger partial charge in [-0.05, 0) is 24.3 Å². The van der Waals surface area contributed by atoms with Gasteiger partial charge in [-0.1, -0.05) is 12.1 Å². The Hall–Kier alpha value is -4.08. The number of anilines is 4. The van der Waals surface area contributed by atoms with Crippen molar-refractivity contribution < 1.29 is 9.85 Å². The standard InChI is InChI=1S/C16H12N6O4/c23-21(24)11-5-7-15(17-9-11)19-13-3-1-2-4-14(13)20-16-8-6-12(10-18-16)22(25)26/h1-10H,(H,17,19)(H,18,20). The molecule has 3 aromatic rings. The van der Waals surface area contributed by atoms with Gasteiger partial charge in [0.1, 0.15) is 24.0 Å². The van der Waals surface area contributed by atoms with Crippen LogP contribution in [0.25, 0.3) is 0 Å². The van der Waals surface area contributed by atoms with Crippen LogP contribution in [-0.4, -0.2) is 19.8 Å². The fourth-order valence-corrected chi connectivity index (χ4v) is 2.11. The molecule has 0 bridgehead atoms. The van der Waals surface area contributed by atoms with Crippen LogP contribution in [0.3, 0.4) is 0 Å². The van der Waals surface area contributed by atoms with Crippen molar-refractivity contribution in [3.05, 3.63) is 81.2 Å². The van der Waals surface area contributed by atoms with Crippen molar-refractivity contribution in [2.24, 2.45) is 0 Å². The van der Waals surface area contributed by atoms with Crippen LogP contribution in [-0.2, 0) is 0 Å². The van der Waals surface area contributed by atoms with Gasteiger partial charge in [-0.25, -0.2) is 9.97 Å². The van der Waals surface area contributed by atoms with Gasteiger partial charge in [0.2, 0.25) is 0 Å². The molecule has 3 rings (SSSR count). The molecule has 0 spiro atoms. The van der Waals surface area contributed by atoms with E-state index in [4.69, 9.17) is 0 Å². The smallest absolute Gasteiger partial charge is 0.287 e. The average Bonchev–Trinajstić information content (AvgIpc) is 2.64. The summed E-state index contributed by atoms with van der Waals surface area (Å²) in [5, 5.41) is 27.5. The Morgan fingerprint density at radius 2 is 1.12 bits per heavy atom. The number of aromatic nitrogens is 2. The zero-order valence-corrected chi connectivity index (χ0v) is 13.2. The number of nitrogens with zero attached hydrogens (tertiary/aromatic N) is 4. The first-order valence-electron chi connectivity index (χ1n) is 7.37. The maximum Gasteiger partial charge on any atom is 0.287 e. The summed E-state index contributed by atoms with van der Waals surface area (Å²) in [6.07, 6.45) is 2.33. The lowest BCUT2D eigenvalue weighted by atomic mass is 10.2. The van der Waals surface area contributed by atoms with Gasteiger partial charge in [-0.15, -0.1) is 0 Å². The molecule has 26 heavy (non-hydrogen) atoms. The average molecular weight is 352 g/mol. The highest BCUT2D eigenvalue weighted by atomic mass is 16.6. The predicted molar refractivity (Wildman–Crippen MR) is 94.8 cm³/mol. The largest absolute Gasteiger partial charge is 0.339 e. The number of rotatable bonds is 6. The molecule has 1 aromatic carbocycles. The van der Waals surface area contributed by atoms with Crippen LogP contribution in [0.4, 0.5) is 34.4 Å². The van der Waals surface area contributed by atoms with Gasteiger partial charge in [0.05, 0.1) is 21.2 Å². The van der Waals surface area contributed by atoms with E-state index in [-0.39, 0.29) is 11.4 Å². The third-order valence-corrected chi connectivity index (χ3v) is 3.37. The summed E-state index contributed by atoms with van der Waals surface area (Å²) in [6.45, 7) is 0. The van der Waals surface area contributed by atoms with Crippen LogP contribution in [0.2, 0.25) is 0 Å². The second kappa shape index (κ2) is 7.21. The molecule has 0 atom stereocenters. The molecule has 10 heteroatoms. The first kappa shape index (κ1) is 16.8. The highest BCUT2D eigenvalue weighted by Crippen LogP contribution is 2.27. The molecule has 0 amide bonds. The molecular weight excluding hydrogens is 340 g/mol. The summed E-state index contributed by atoms with van der Waals surface area (Å²) < 4.78 is 0. The zero-order chi connectivity index (χ0) is 18.5. The van der Waals surface area contributed by atoms with E-state index in [1.54, 1.807) is 12.1 Å². The number of pyridine rings is 2. The van der Waals surface area contributed by atoms with Gasteiger partial charge in [0.25, 0.3) is 11.4 Å². The van der Waals surface area contributed by atoms with Crippen LogP contribution in [0.5, 0.6) is 0 Å². The molecule has 10 nitrogen and oxygen atoms in total. The third kappa shape index (κ3) is 3.87. The fraction of sp³-hybridized carbons (Fsp3) is 0. The second-order valence-corrected chi connectivity index (χ2v) is 5.11. The summed E-state index contributed by atoms with van der Waals surface area (Å²) in [5.74, 6) is 0.864. The maximum atomic E-state index is 10.7. The van der Waals surface area contributed by atoms with Crippen molar-refractivity contribution in [2.75, 3.05) is 10.6 Å². The lowest BCUT2D eigenvalue weighted by molar-refractivity contribution is -0.385. The quantitative estimate of drug-likeness (QED) is 0.505. The third-order valence-electron chi connectivity index (χ3n) is 3.37. The van der Waals surface area contributed by atoms with E-state index in [9.17, 15) is 20.2 Å². The lowest BCUT2D eigenvalue weighted by Crippen LogP contribution is -2.00. The Labute approximate surface area is 146 Å². The number of para-hydroxylation sites is 2. The minimum Gasteiger partial charge on any atom is -0.339 e. The Balaban J connectivity index is 1.79. The highest BCUT2D eigenvalue weighted by molar-refractivity contribution is 5.76. The van der Waals surface area contributed by atoms with Gasteiger partial charge in [0.15, 0.2) is 0 Å². The van der Waals surface area contributed by atoms with E-state index in [1.165, 1.54) is 24.3 Å². The fourth-order valence-electron chi connectivity index (χ4n) is 2.11. The Morgan fingerprint density at radius 3 is 1.42 bits per heavy atom. The van der Waals surface area contributed by atoms with E-state index in [1.807, 2.05) is 12.1 Å². The number of nitro groups is 2. The molecule has 0 aliphatic heterocycles. The van der Waals surface area contributed by atoms with Crippen molar-refractivity contribution >= 4 is 34.4 Å². The van der Waals surface area contributed by atoms with Gasteiger partial charge in [-0.2, -0.15) is 0 Å². The molecule has 0 fully saturated rings. The van der Waals surface area contributed by atoms with Crippen LogP contribution < -0.4 is 10.6 Å². The van der Waals surface area contributed by atoms with Crippen LogP contribution in [0, 0.1) is 20.2 Å². The SMILES string of the molecule is O=[N+]([O-])c1ccc(Nc2ccccc2Nc2ccc([N+](=O)[O-])cn2)nc1. The van der Waals surface area contributed by atoms with E-state index in [2.05, 4.69) is 20.6 Å². The number of benzene rings is 1. The molecule has 0 unspecified atom stereocenters. The first-order valence-corrected chi connectivity index (χ1v) is 7.37. The number of nitrogens with one attached hydrogen (secondary N) is 2. The van der Waals surface area contributed by atoms with E-state index < -0.39 is 9.85 Å². The molecule has 2 N–H and O–H groups in total. The molecule has 0 saturated carbocycles. The Bertz CT molecular complexity index is 865. The molecule has 130 valence electrons. The first-order chi connectivity index (χ1) is 12.5. The summed E-state index contributed by atoms with van der Waals surface area (Å²) in [4.78, 5) is 28.3. The zero-order valence-electron chi connectivity index (χ0n) is 13.2. The monoisotopic (exact) mass is 352 g/mol. The van der Waals surface area contributed by atoms with Crippen LogP contribution >= 0.6 is 0 Å². The normalized spacial score (nSPS) is 10.2. The topological polar surface area (TPSA) is 136 Å². The summed E-state index contributed by atoms with van der Waals surface area (Å²) in [5.41, 5.74) is 1.12. The number of hydrogen-bond acceptors (Lipinski definition) is 8. The molecule has 0 aliphatic carbocycles. The van der Waals surface area contributed by atoms with Crippen LogP contribution in [0.15, 0.2) is 60.9 Å². The van der Waals surface area contributed by atoms with Crippen molar-refractivity contribution in [1.82, 2.24) is 9.97 Å². The predicted octanol–water partition coefficient (Wildman–Crippen LogP) is 3.78. The Morgan fingerprint density at radius 1 is 0.692 bits per heavy atom. The summed E-state index contributed by atoms with van der Waals surface area (Å²) >= 11 is 0. The minimum absolute atomic E-state index is 0.1000. The van der Waals surface area contributed by atoms with Gasteiger partial charge in [-0.3, -0.25) is 20.2 Å². The van der Waals surface area contributed by atoms with Crippen molar-refractivity contribution in [1.29, 1.82) is 0 Å². The van der Waals surface area contributed by atoms with Crippen molar-refractivity contribution in [3.8, 4) is 0 Å². The number of hydrogen-bond donors (Lipinski definition) is 2. The molecule has 0 aliphatic rings. The summed E-state index contributed by atoms with van der Waals surface area (Å²) in [7, 11) is 0. The van der Waals surface area contributed by atoms with E-state index in [0.717, 1.165) is 12.4 Å². The minimum atomic E-state index is -0.521. The molecular formula is C16H12N6O4. The molecule has 2 aromatic heterocycles.